The van der Waals surface area contributed by atoms with Crippen molar-refractivity contribution in [2.75, 3.05) is 33.0 Å². The van der Waals surface area contributed by atoms with Gasteiger partial charge in [-0.05, 0) is 38.1 Å². The van der Waals surface area contributed by atoms with Gasteiger partial charge in [-0.3, -0.25) is 9.69 Å². The minimum absolute atomic E-state index is 0.0408. The van der Waals surface area contributed by atoms with Crippen LogP contribution in [0.2, 0.25) is 0 Å². The average Bonchev–Trinajstić information content (AvgIpc) is 2.45. The lowest BCUT2D eigenvalue weighted by Gasteiger charge is -2.24. The van der Waals surface area contributed by atoms with Gasteiger partial charge in [0, 0.05) is 32.5 Å². The first-order valence-electron chi connectivity index (χ1n) is 6.86. The molecule has 5 nitrogen and oxygen atoms in total. The van der Waals surface area contributed by atoms with Crippen LogP contribution < -0.4 is 11.1 Å². The predicted molar refractivity (Wildman–Crippen MR) is 81.3 cm³/mol. The lowest BCUT2D eigenvalue weighted by atomic mass is 10.1. The number of ether oxygens (including phenoxy) is 1. The number of benzene rings is 1. The number of nitrogens with one attached hydrogen (secondary N) is 1. The minimum Gasteiger partial charge on any atom is -0.399 e. The van der Waals surface area contributed by atoms with Crippen LogP contribution in [0.1, 0.15) is 18.9 Å². The molecule has 0 radical (unpaired) electrons. The van der Waals surface area contributed by atoms with Gasteiger partial charge in [0.2, 0.25) is 5.91 Å². The second kappa shape index (κ2) is 8.55. The quantitative estimate of drug-likeness (QED) is 0.555. The molecular weight excluding hydrogens is 254 g/mol. The summed E-state index contributed by atoms with van der Waals surface area (Å²) in [5, 5.41) is 2.91. The zero-order valence-electron chi connectivity index (χ0n) is 12.6. The smallest absolute Gasteiger partial charge is 0.237 e. The van der Waals surface area contributed by atoms with Gasteiger partial charge >= 0.3 is 0 Å². The highest BCUT2D eigenvalue weighted by Gasteiger charge is 2.17. The maximum Gasteiger partial charge on any atom is 0.237 e. The van der Waals surface area contributed by atoms with Gasteiger partial charge < -0.3 is 15.8 Å². The lowest BCUT2D eigenvalue weighted by molar-refractivity contribution is -0.125. The van der Waals surface area contributed by atoms with Crippen LogP contribution in [0, 0.1) is 0 Å². The molecule has 0 aliphatic carbocycles. The number of amides is 1. The van der Waals surface area contributed by atoms with Crippen molar-refractivity contribution in [2.24, 2.45) is 0 Å². The first kappa shape index (κ1) is 16.5. The van der Waals surface area contributed by atoms with Crippen LogP contribution in [0.15, 0.2) is 24.3 Å². The highest BCUT2D eigenvalue weighted by Crippen LogP contribution is 2.09. The van der Waals surface area contributed by atoms with Crippen LogP contribution in [-0.2, 0) is 16.1 Å². The van der Waals surface area contributed by atoms with E-state index in [1.54, 1.807) is 7.11 Å². The molecule has 0 fully saturated rings. The standard InChI is InChI=1S/C15H25N3O2/c1-12(15(19)17-9-4-10-20-3)18(2)11-13-5-7-14(16)8-6-13/h5-8,12H,4,9-11,16H2,1-3H3,(H,17,19). The van der Waals surface area contributed by atoms with Crippen molar-refractivity contribution in [3.8, 4) is 0 Å². The van der Waals surface area contributed by atoms with Gasteiger partial charge in [0.25, 0.3) is 0 Å². The van der Waals surface area contributed by atoms with Crippen molar-refractivity contribution >= 4 is 11.6 Å². The Kier molecular flexibility index (Phi) is 7.04. The molecule has 0 aromatic heterocycles. The van der Waals surface area contributed by atoms with Crippen LogP contribution in [0.3, 0.4) is 0 Å². The zero-order valence-corrected chi connectivity index (χ0v) is 12.6. The Hall–Kier alpha value is -1.59. The van der Waals surface area contributed by atoms with Gasteiger partial charge in [-0.1, -0.05) is 12.1 Å². The normalized spacial score (nSPS) is 12.4. The third-order valence-corrected chi connectivity index (χ3v) is 3.28. The molecule has 3 N–H and O–H groups in total. The van der Waals surface area contributed by atoms with Crippen LogP contribution in [0.5, 0.6) is 0 Å². The van der Waals surface area contributed by atoms with Gasteiger partial charge in [0.15, 0.2) is 0 Å². The molecule has 0 aliphatic rings. The summed E-state index contributed by atoms with van der Waals surface area (Å²) >= 11 is 0. The number of carbonyl (C=O) groups excluding carboxylic acids is 1. The monoisotopic (exact) mass is 279 g/mol. The Morgan fingerprint density at radius 1 is 1.40 bits per heavy atom. The van der Waals surface area contributed by atoms with Crippen LogP contribution in [-0.4, -0.2) is 44.2 Å². The number of rotatable bonds is 8. The van der Waals surface area contributed by atoms with E-state index < -0.39 is 0 Å². The van der Waals surface area contributed by atoms with E-state index in [0.29, 0.717) is 19.7 Å². The Morgan fingerprint density at radius 3 is 2.65 bits per heavy atom. The largest absolute Gasteiger partial charge is 0.399 e. The molecule has 112 valence electrons. The fraction of sp³-hybridized carbons (Fsp3) is 0.533. The zero-order chi connectivity index (χ0) is 15.0. The van der Waals surface area contributed by atoms with E-state index in [0.717, 1.165) is 17.7 Å². The maximum absolute atomic E-state index is 12.0. The Morgan fingerprint density at radius 2 is 2.05 bits per heavy atom. The van der Waals surface area contributed by atoms with E-state index in [1.165, 1.54) is 0 Å². The fourth-order valence-electron chi connectivity index (χ4n) is 1.82. The molecule has 0 bridgehead atoms. The van der Waals surface area contributed by atoms with Crippen molar-refractivity contribution in [2.45, 2.75) is 25.9 Å². The van der Waals surface area contributed by atoms with Gasteiger partial charge in [-0.2, -0.15) is 0 Å². The van der Waals surface area contributed by atoms with E-state index in [1.807, 2.05) is 43.1 Å². The molecule has 20 heavy (non-hydrogen) atoms. The van der Waals surface area contributed by atoms with Crippen LogP contribution >= 0.6 is 0 Å². The summed E-state index contributed by atoms with van der Waals surface area (Å²) in [5.41, 5.74) is 7.55. The summed E-state index contributed by atoms with van der Waals surface area (Å²) in [6.07, 6.45) is 0.830. The summed E-state index contributed by atoms with van der Waals surface area (Å²) < 4.78 is 4.95. The van der Waals surface area contributed by atoms with E-state index >= 15 is 0 Å². The number of likely N-dealkylation sites (N-methyl/N-ethyl adjacent to an activating group) is 1. The molecule has 5 heteroatoms. The molecule has 0 saturated heterocycles. The molecule has 0 saturated carbocycles. The second-order valence-corrected chi connectivity index (χ2v) is 4.97. The number of hydrogen-bond acceptors (Lipinski definition) is 4. The molecular formula is C15H25N3O2. The predicted octanol–water partition coefficient (Wildman–Crippen LogP) is 1.24. The highest BCUT2D eigenvalue weighted by atomic mass is 16.5. The Labute approximate surface area is 121 Å². The fourth-order valence-corrected chi connectivity index (χ4v) is 1.82. The summed E-state index contributed by atoms with van der Waals surface area (Å²) in [6, 6.07) is 7.54. The van der Waals surface area contributed by atoms with Crippen molar-refractivity contribution in [1.82, 2.24) is 10.2 Å². The lowest BCUT2D eigenvalue weighted by Crippen LogP contribution is -2.43. The number of carbonyl (C=O) groups is 1. The molecule has 1 aromatic carbocycles. The highest BCUT2D eigenvalue weighted by molar-refractivity contribution is 5.81. The molecule has 1 unspecified atom stereocenters. The van der Waals surface area contributed by atoms with E-state index in [4.69, 9.17) is 10.5 Å². The third-order valence-electron chi connectivity index (χ3n) is 3.28. The van der Waals surface area contributed by atoms with Gasteiger partial charge in [-0.15, -0.1) is 0 Å². The maximum atomic E-state index is 12.0. The molecule has 1 atom stereocenters. The molecule has 1 rings (SSSR count). The number of nitrogens with two attached hydrogens (primary N) is 1. The van der Waals surface area contributed by atoms with Gasteiger partial charge in [0.05, 0.1) is 6.04 Å². The molecule has 1 amide bonds. The molecule has 0 heterocycles. The number of methoxy groups -OCH3 is 1. The first-order valence-corrected chi connectivity index (χ1v) is 6.86. The summed E-state index contributed by atoms with van der Waals surface area (Å²) in [6.45, 7) is 3.93. The topological polar surface area (TPSA) is 67.6 Å². The van der Waals surface area contributed by atoms with Crippen molar-refractivity contribution in [3.05, 3.63) is 29.8 Å². The van der Waals surface area contributed by atoms with Crippen LogP contribution in [0.4, 0.5) is 5.69 Å². The van der Waals surface area contributed by atoms with Crippen molar-refractivity contribution in [1.29, 1.82) is 0 Å². The van der Waals surface area contributed by atoms with Crippen molar-refractivity contribution < 1.29 is 9.53 Å². The number of anilines is 1. The summed E-state index contributed by atoms with van der Waals surface area (Å²) in [7, 11) is 3.60. The Balaban J connectivity index is 2.39. The summed E-state index contributed by atoms with van der Waals surface area (Å²) in [4.78, 5) is 14.0. The number of nitrogens with zero attached hydrogens (tertiary/aromatic N) is 1. The van der Waals surface area contributed by atoms with E-state index in [9.17, 15) is 4.79 Å². The minimum atomic E-state index is -0.171. The van der Waals surface area contributed by atoms with E-state index in [2.05, 4.69) is 5.32 Å². The van der Waals surface area contributed by atoms with Gasteiger partial charge in [0.1, 0.15) is 0 Å². The van der Waals surface area contributed by atoms with E-state index in [-0.39, 0.29) is 11.9 Å². The SMILES string of the molecule is COCCCNC(=O)C(C)N(C)Cc1ccc(N)cc1. The molecule has 1 aromatic rings. The van der Waals surface area contributed by atoms with Crippen LogP contribution in [0.25, 0.3) is 0 Å². The van der Waals surface area contributed by atoms with Crippen molar-refractivity contribution in [3.63, 3.8) is 0 Å². The molecule has 0 aliphatic heterocycles. The number of hydrogen-bond donors (Lipinski definition) is 2. The van der Waals surface area contributed by atoms with Gasteiger partial charge in [-0.25, -0.2) is 0 Å². The second-order valence-electron chi connectivity index (χ2n) is 4.97. The third kappa shape index (κ3) is 5.59. The summed E-state index contributed by atoms with van der Waals surface area (Å²) in [5.74, 6) is 0.0408. The Bertz CT molecular complexity index is 406. The average molecular weight is 279 g/mol. The molecule has 0 spiro atoms. The first-order chi connectivity index (χ1) is 9.54. The number of nitrogen functional groups attached to an aromatic ring is 1.